The fraction of sp³-hybridized carbons (Fsp3) is 0.200. The van der Waals surface area contributed by atoms with Crippen LogP contribution in [-0.2, 0) is 13.2 Å². The first kappa shape index (κ1) is 16.1. The van der Waals surface area contributed by atoms with E-state index in [4.69, 9.17) is 26.8 Å². The van der Waals surface area contributed by atoms with Crippen molar-refractivity contribution in [3.63, 3.8) is 0 Å². The van der Waals surface area contributed by atoms with Crippen LogP contribution in [0, 0.1) is 5.82 Å². The van der Waals surface area contributed by atoms with Crippen LogP contribution >= 0.6 is 27.5 Å². The van der Waals surface area contributed by atoms with Gasteiger partial charge < -0.3 is 15.2 Å². The molecule has 0 atom stereocenters. The summed E-state index contributed by atoms with van der Waals surface area (Å²) in [5, 5.41) is 0.323. The Labute approximate surface area is 135 Å². The van der Waals surface area contributed by atoms with Gasteiger partial charge in [0.15, 0.2) is 11.5 Å². The van der Waals surface area contributed by atoms with Crippen molar-refractivity contribution >= 4 is 27.5 Å². The second-order valence-electron chi connectivity index (χ2n) is 4.30. The normalized spacial score (nSPS) is 10.5. The van der Waals surface area contributed by atoms with Gasteiger partial charge in [0, 0.05) is 12.1 Å². The molecule has 2 aromatic carbocycles. The van der Waals surface area contributed by atoms with Crippen LogP contribution in [0.1, 0.15) is 11.1 Å². The maximum atomic E-state index is 13.7. The Bertz CT molecular complexity index is 632. The topological polar surface area (TPSA) is 44.5 Å². The average molecular weight is 375 g/mol. The van der Waals surface area contributed by atoms with E-state index in [9.17, 15) is 4.39 Å². The molecule has 0 aromatic heterocycles. The van der Waals surface area contributed by atoms with E-state index in [-0.39, 0.29) is 6.61 Å². The molecule has 0 bridgehead atoms. The molecule has 0 heterocycles. The molecule has 2 N–H and O–H groups in total. The fourth-order valence-electron chi connectivity index (χ4n) is 1.85. The van der Waals surface area contributed by atoms with Crippen molar-refractivity contribution in [3.8, 4) is 11.5 Å². The molecule has 0 amide bonds. The summed E-state index contributed by atoms with van der Waals surface area (Å²) in [4.78, 5) is 0. The summed E-state index contributed by atoms with van der Waals surface area (Å²) in [6.07, 6.45) is 0. The molecule has 0 aliphatic heterocycles. The van der Waals surface area contributed by atoms with E-state index in [1.807, 2.05) is 6.07 Å². The van der Waals surface area contributed by atoms with E-state index in [2.05, 4.69) is 15.9 Å². The number of ether oxygens (including phenoxy) is 2. The average Bonchev–Trinajstić information content (AvgIpc) is 2.47. The van der Waals surface area contributed by atoms with E-state index in [0.717, 1.165) is 5.56 Å². The van der Waals surface area contributed by atoms with Crippen LogP contribution in [0.4, 0.5) is 4.39 Å². The Morgan fingerprint density at radius 2 is 2.10 bits per heavy atom. The van der Waals surface area contributed by atoms with Gasteiger partial charge in [-0.05, 0) is 45.8 Å². The summed E-state index contributed by atoms with van der Waals surface area (Å²) >= 11 is 9.38. The standard InChI is InChI=1S/C15H14BrClFNO2/c1-20-14-6-9(7-19)5-11(16)15(14)21-8-10-12(17)3-2-4-13(10)18/h2-6H,7-8,19H2,1H3. The van der Waals surface area contributed by atoms with Crippen LogP contribution in [0.2, 0.25) is 5.02 Å². The van der Waals surface area contributed by atoms with Gasteiger partial charge >= 0.3 is 0 Å². The first-order valence-corrected chi connectivity index (χ1v) is 7.36. The van der Waals surface area contributed by atoms with Crippen molar-refractivity contribution in [1.29, 1.82) is 0 Å². The summed E-state index contributed by atoms with van der Waals surface area (Å²) in [6, 6.07) is 8.12. The van der Waals surface area contributed by atoms with E-state index in [1.165, 1.54) is 13.2 Å². The van der Waals surface area contributed by atoms with Crippen LogP contribution in [0.5, 0.6) is 11.5 Å². The van der Waals surface area contributed by atoms with Crippen LogP contribution in [0.3, 0.4) is 0 Å². The maximum absolute atomic E-state index is 13.7. The Morgan fingerprint density at radius 3 is 2.71 bits per heavy atom. The smallest absolute Gasteiger partial charge is 0.175 e. The molecule has 0 aliphatic carbocycles. The molecule has 0 fully saturated rings. The predicted octanol–water partition coefficient (Wildman–Crippen LogP) is 4.29. The third kappa shape index (κ3) is 3.67. The molecule has 0 saturated heterocycles. The van der Waals surface area contributed by atoms with Crippen LogP contribution in [0.15, 0.2) is 34.8 Å². The molecule has 0 radical (unpaired) electrons. The van der Waals surface area contributed by atoms with Gasteiger partial charge in [0.25, 0.3) is 0 Å². The quantitative estimate of drug-likeness (QED) is 0.849. The van der Waals surface area contributed by atoms with Gasteiger partial charge in [0.2, 0.25) is 0 Å². The minimum atomic E-state index is -0.406. The van der Waals surface area contributed by atoms with E-state index >= 15 is 0 Å². The molecule has 0 unspecified atom stereocenters. The molecule has 0 aliphatic rings. The number of rotatable bonds is 5. The fourth-order valence-corrected chi connectivity index (χ4v) is 2.67. The minimum absolute atomic E-state index is 0.00242. The Morgan fingerprint density at radius 1 is 1.33 bits per heavy atom. The van der Waals surface area contributed by atoms with E-state index in [1.54, 1.807) is 18.2 Å². The van der Waals surface area contributed by atoms with Crippen molar-refractivity contribution < 1.29 is 13.9 Å². The molecule has 21 heavy (non-hydrogen) atoms. The monoisotopic (exact) mass is 373 g/mol. The molecule has 0 saturated carbocycles. The van der Waals surface area contributed by atoms with Crippen LogP contribution in [0.25, 0.3) is 0 Å². The van der Waals surface area contributed by atoms with Crippen LogP contribution < -0.4 is 15.2 Å². The Balaban J connectivity index is 2.28. The SMILES string of the molecule is COc1cc(CN)cc(Br)c1OCc1c(F)cccc1Cl. The third-order valence-electron chi connectivity index (χ3n) is 2.95. The van der Waals surface area contributed by atoms with Gasteiger partial charge in [-0.1, -0.05) is 17.7 Å². The summed E-state index contributed by atoms with van der Waals surface area (Å²) in [6.45, 7) is 0.386. The highest BCUT2D eigenvalue weighted by molar-refractivity contribution is 9.10. The first-order valence-electron chi connectivity index (χ1n) is 6.19. The molecule has 6 heteroatoms. The largest absolute Gasteiger partial charge is 0.493 e. The van der Waals surface area contributed by atoms with Crippen molar-refractivity contribution in [2.24, 2.45) is 5.73 Å². The van der Waals surface area contributed by atoms with Gasteiger partial charge in [-0.15, -0.1) is 0 Å². The molecular weight excluding hydrogens is 361 g/mol. The number of hydrogen-bond acceptors (Lipinski definition) is 3. The lowest BCUT2D eigenvalue weighted by Crippen LogP contribution is -2.03. The van der Waals surface area contributed by atoms with Gasteiger partial charge in [-0.3, -0.25) is 0 Å². The van der Waals surface area contributed by atoms with Gasteiger partial charge in [0.1, 0.15) is 12.4 Å². The third-order valence-corrected chi connectivity index (χ3v) is 3.89. The number of nitrogens with two attached hydrogens (primary N) is 1. The highest BCUT2D eigenvalue weighted by atomic mass is 79.9. The summed E-state index contributed by atoms with van der Waals surface area (Å²) in [7, 11) is 1.53. The number of halogens is 3. The van der Waals surface area contributed by atoms with Gasteiger partial charge in [0.05, 0.1) is 16.6 Å². The second kappa shape index (κ2) is 7.11. The van der Waals surface area contributed by atoms with Crippen LogP contribution in [-0.4, -0.2) is 7.11 Å². The summed E-state index contributed by atoms with van der Waals surface area (Å²) < 4.78 is 25.4. The molecule has 2 aromatic rings. The first-order chi connectivity index (χ1) is 10.1. The Kier molecular flexibility index (Phi) is 5.45. The van der Waals surface area contributed by atoms with Crippen molar-refractivity contribution in [3.05, 3.63) is 56.8 Å². The second-order valence-corrected chi connectivity index (χ2v) is 5.56. The number of methoxy groups -OCH3 is 1. The molecular formula is C15H14BrClFNO2. The number of benzene rings is 2. The molecule has 112 valence electrons. The summed E-state index contributed by atoms with van der Waals surface area (Å²) in [5.74, 6) is 0.600. The zero-order chi connectivity index (χ0) is 15.4. The molecule has 3 nitrogen and oxygen atoms in total. The zero-order valence-electron chi connectivity index (χ0n) is 11.3. The summed E-state index contributed by atoms with van der Waals surface area (Å²) in [5.41, 5.74) is 6.81. The number of hydrogen-bond donors (Lipinski definition) is 1. The predicted molar refractivity (Wildman–Crippen MR) is 84.3 cm³/mol. The van der Waals surface area contributed by atoms with Crippen molar-refractivity contribution in [1.82, 2.24) is 0 Å². The van der Waals surface area contributed by atoms with E-state index < -0.39 is 5.82 Å². The lowest BCUT2D eigenvalue weighted by Gasteiger charge is -2.15. The van der Waals surface area contributed by atoms with Crippen molar-refractivity contribution in [2.45, 2.75) is 13.2 Å². The highest BCUT2D eigenvalue weighted by Crippen LogP contribution is 2.37. The Hall–Kier alpha value is -1.30. The maximum Gasteiger partial charge on any atom is 0.175 e. The minimum Gasteiger partial charge on any atom is -0.493 e. The van der Waals surface area contributed by atoms with Crippen molar-refractivity contribution in [2.75, 3.05) is 7.11 Å². The zero-order valence-corrected chi connectivity index (χ0v) is 13.7. The lowest BCUT2D eigenvalue weighted by molar-refractivity contribution is 0.277. The molecule has 2 rings (SSSR count). The van der Waals surface area contributed by atoms with Gasteiger partial charge in [-0.25, -0.2) is 4.39 Å². The molecule has 0 spiro atoms. The lowest BCUT2D eigenvalue weighted by atomic mass is 10.2. The highest BCUT2D eigenvalue weighted by Gasteiger charge is 2.14. The van der Waals surface area contributed by atoms with E-state index in [0.29, 0.717) is 33.1 Å². The van der Waals surface area contributed by atoms with Gasteiger partial charge in [-0.2, -0.15) is 0 Å².